The minimum Gasteiger partial charge on any atom is -0.492 e. The lowest BCUT2D eigenvalue weighted by molar-refractivity contribution is -0.125. The number of amides is 1. The van der Waals surface area contributed by atoms with E-state index in [2.05, 4.69) is 10.2 Å². The number of carbonyl (C=O) groups excluding carboxylic acids is 1. The third-order valence-corrected chi connectivity index (χ3v) is 5.75. The number of nitrogens with two attached hydrogens (primary N) is 1. The van der Waals surface area contributed by atoms with Gasteiger partial charge >= 0.3 is 0 Å². The predicted octanol–water partition coefficient (Wildman–Crippen LogP) is 2.05. The van der Waals surface area contributed by atoms with Crippen molar-refractivity contribution in [1.82, 2.24) is 10.2 Å². The maximum Gasteiger partial charge on any atom is 0.237 e. The van der Waals surface area contributed by atoms with E-state index < -0.39 is 6.04 Å². The van der Waals surface area contributed by atoms with Crippen LogP contribution in [0.2, 0.25) is 5.02 Å². The Morgan fingerprint density at radius 3 is 2.56 bits per heavy atom. The fourth-order valence-corrected chi connectivity index (χ4v) is 3.84. The van der Waals surface area contributed by atoms with Crippen LogP contribution in [0.4, 0.5) is 0 Å². The second-order valence-corrected chi connectivity index (χ2v) is 7.84. The van der Waals surface area contributed by atoms with E-state index in [1.807, 2.05) is 24.3 Å². The zero-order chi connectivity index (χ0) is 19.1. The molecule has 1 unspecified atom stereocenters. The highest BCUT2D eigenvalue weighted by atomic mass is 35.5. The van der Waals surface area contributed by atoms with E-state index in [9.17, 15) is 4.79 Å². The highest BCUT2D eigenvalue weighted by Crippen LogP contribution is 2.19. The summed E-state index contributed by atoms with van der Waals surface area (Å²) in [4.78, 5) is 14.8. The van der Waals surface area contributed by atoms with Gasteiger partial charge in [-0.15, -0.1) is 0 Å². The fourth-order valence-electron chi connectivity index (χ4n) is 3.71. The van der Waals surface area contributed by atoms with Crippen LogP contribution in [0.3, 0.4) is 0 Å². The van der Waals surface area contributed by atoms with E-state index in [0.29, 0.717) is 24.8 Å². The summed E-state index contributed by atoms with van der Waals surface area (Å²) in [5, 5.41) is 3.86. The van der Waals surface area contributed by atoms with Gasteiger partial charge in [0.15, 0.2) is 0 Å². The molecule has 3 rings (SSSR count). The van der Waals surface area contributed by atoms with Gasteiger partial charge in [-0.1, -0.05) is 11.6 Å². The van der Waals surface area contributed by atoms with Gasteiger partial charge in [-0.05, 0) is 55.9 Å². The molecule has 1 aromatic carbocycles. The molecule has 2 fully saturated rings. The minimum atomic E-state index is -0.417. The normalized spacial score (nSPS) is 21.0. The molecule has 1 amide bonds. The molecule has 2 aliphatic rings. The lowest BCUT2D eigenvalue weighted by atomic mass is 9.91. The Labute approximate surface area is 166 Å². The van der Waals surface area contributed by atoms with Gasteiger partial charge in [0.1, 0.15) is 12.4 Å². The molecule has 0 radical (unpaired) electrons. The van der Waals surface area contributed by atoms with Crippen LogP contribution >= 0.6 is 11.6 Å². The average Bonchev–Trinajstić information content (AvgIpc) is 2.71. The third kappa shape index (κ3) is 6.35. The van der Waals surface area contributed by atoms with Gasteiger partial charge in [0.25, 0.3) is 0 Å². The van der Waals surface area contributed by atoms with Gasteiger partial charge in [0.05, 0.1) is 6.04 Å². The molecule has 1 atom stereocenters. The first-order chi connectivity index (χ1) is 13.1. The minimum absolute atomic E-state index is 0.00794. The molecule has 0 bridgehead atoms. The number of nitrogens with one attached hydrogen (secondary N) is 1. The molecule has 1 aromatic rings. The molecule has 2 heterocycles. The summed E-state index contributed by atoms with van der Waals surface area (Å²) >= 11 is 5.87. The van der Waals surface area contributed by atoms with Gasteiger partial charge in [-0.3, -0.25) is 9.69 Å². The molecule has 3 N–H and O–H groups in total. The molecular weight excluding hydrogens is 366 g/mol. The van der Waals surface area contributed by atoms with Crippen molar-refractivity contribution in [3.8, 4) is 5.75 Å². The van der Waals surface area contributed by atoms with Crippen LogP contribution in [0.15, 0.2) is 24.3 Å². The predicted molar refractivity (Wildman–Crippen MR) is 106 cm³/mol. The first-order valence-corrected chi connectivity index (χ1v) is 10.2. The first kappa shape index (κ1) is 20.4. The van der Waals surface area contributed by atoms with Crippen molar-refractivity contribution in [3.05, 3.63) is 29.3 Å². The monoisotopic (exact) mass is 395 g/mol. The molecule has 6 nitrogen and oxygen atoms in total. The van der Waals surface area contributed by atoms with Gasteiger partial charge in [0.2, 0.25) is 5.91 Å². The summed E-state index contributed by atoms with van der Waals surface area (Å²) in [7, 11) is 0. The number of halogens is 1. The Morgan fingerprint density at radius 1 is 1.22 bits per heavy atom. The van der Waals surface area contributed by atoms with Crippen LogP contribution in [0.5, 0.6) is 5.75 Å². The number of rotatable bonds is 7. The zero-order valence-corrected chi connectivity index (χ0v) is 16.5. The van der Waals surface area contributed by atoms with Crippen molar-refractivity contribution >= 4 is 17.5 Å². The van der Waals surface area contributed by atoms with E-state index in [1.165, 1.54) is 0 Å². The van der Waals surface area contributed by atoms with Crippen molar-refractivity contribution < 1.29 is 14.3 Å². The van der Waals surface area contributed by atoms with Crippen molar-refractivity contribution in [3.63, 3.8) is 0 Å². The number of likely N-dealkylation sites (tertiary alicyclic amines) is 1. The van der Waals surface area contributed by atoms with Gasteiger partial charge < -0.3 is 20.5 Å². The summed E-state index contributed by atoms with van der Waals surface area (Å²) in [5.74, 6) is 1.07. The molecule has 7 heteroatoms. The summed E-state index contributed by atoms with van der Waals surface area (Å²) in [6.07, 6.45) is 3.65. The topological polar surface area (TPSA) is 76.8 Å². The van der Waals surface area contributed by atoms with E-state index in [1.54, 1.807) is 0 Å². The number of nitrogens with zero attached hydrogens (tertiary/aromatic N) is 1. The van der Waals surface area contributed by atoms with Gasteiger partial charge in [-0.25, -0.2) is 0 Å². The third-order valence-electron chi connectivity index (χ3n) is 5.50. The Bertz CT molecular complexity index is 585. The van der Waals surface area contributed by atoms with Crippen LogP contribution in [0.1, 0.15) is 25.7 Å². The van der Waals surface area contributed by atoms with E-state index in [-0.39, 0.29) is 17.9 Å². The molecule has 2 saturated heterocycles. The van der Waals surface area contributed by atoms with Crippen molar-refractivity contribution in [2.45, 2.75) is 37.8 Å². The number of piperidine rings is 1. The van der Waals surface area contributed by atoms with Crippen molar-refractivity contribution in [2.75, 3.05) is 39.5 Å². The molecule has 150 valence electrons. The highest BCUT2D eigenvalue weighted by Gasteiger charge is 2.29. The van der Waals surface area contributed by atoms with E-state index in [4.69, 9.17) is 26.8 Å². The SMILES string of the molecule is NC(C(=O)NC1CCN(CCOc2ccc(Cl)cc2)CC1)C1CCOCC1. The Balaban J connectivity index is 1.32. The quantitative estimate of drug-likeness (QED) is 0.738. The summed E-state index contributed by atoms with van der Waals surface area (Å²) in [5.41, 5.74) is 6.16. The van der Waals surface area contributed by atoms with Crippen molar-refractivity contribution in [2.24, 2.45) is 11.7 Å². The lowest BCUT2D eigenvalue weighted by Gasteiger charge is -2.34. The number of benzene rings is 1. The van der Waals surface area contributed by atoms with Crippen LogP contribution < -0.4 is 15.8 Å². The molecule has 27 heavy (non-hydrogen) atoms. The smallest absolute Gasteiger partial charge is 0.237 e. The fraction of sp³-hybridized carbons (Fsp3) is 0.650. The number of hydrogen-bond acceptors (Lipinski definition) is 5. The highest BCUT2D eigenvalue weighted by molar-refractivity contribution is 6.30. The number of hydrogen-bond donors (Lipinski definition) is 2. The second kappa shape index (κ2) is 10.3. The lowest BCUT2D eigenvalue weighted by Crippen LogP contribution is -2.52. The Morgan fingerprint density at radius 2 is 1.89 bits per heavy atom. The second-order valence-electron chi connectivity index (χ2n) is 7.40. The van der Waals surface area contributed by atoms with E-state index >= 15 is 0 Å². The molecule has 0 aliphatic carbocycles. The van der Waals surface area contributed by atoms with E-state index in [0.717, 1.165) is 51.1 Å². The average molecular weight is 396 g/mol. The largest absolute Gasteiger partial charge is 0.492 e. The Hall–Kier alpha value is -1.34. The summed E-state index contributed by atoms with van der Waals surface area (Å²) in [6.45, 7) is 4.87. The van der Waals surface area contributed by atoms with Crippen LogP contribution in [0.25, 0.3) is 0 Å². The van der Waals surface area contributed by atoms with Crippen molar-refractivity contribution in [1.29, 1.82) is 0 Å². The molecular formula is C20H30ClN3O3. The molecule has 0 aromatic heterocycles. The maximum absolute atomic E-state index is 12.4. The van der Waals surface area contributed by atoms with Gasteiger partial charge in [-0.2, -0.15) is 0 Å². The van der Waals surface area contributed by atoms with Crippen LogP contribution in [-0.4, -0.2) is 62.3 Å². The summed E-state index contributed by atoms with van der Waals surface area (Å²) < 4.78 is 11.1. The number of ether oxygens (including phenoxy) is 2. The van der Waals surface area contributed by atoms with Crippen LogP contribution in [-0.2, 0) is 9.53 Å². The first-order valence-electron chi connectivity index (χ1n) is 9.86. The standard InChI is InChI=1S/C20H30ClN3O3/c21-16-1-3-18(4-2-16)27-14-11-24-9-5-17(6-10-24)23-20(25)19(22)15-7-12-26-13-8-15/h1-4,15,17,19H,5-14,22H2,(H,23,25). The number of carbonyl (C=O) groups is 1. The molecule has 0 spiro atoms. The van der Waals surface area contributed by atoms with Crippen LogP contribution in [0, 0.1) is 5.92 Å². The zero-order valence-electron chi connectivity index (χ0n) is 15.7. The maximum atomic E-state index is 12.4. The molecule has 0 saturated carbocycles. The van der Waals surface area contributed by atoms with Gasteiger partial charge in [0, 0.05) is 43.9 Å². The Kier molecular flexibility index (Phi) is 7.76. The summed E-state index contributed by atoms with van der Waals surface area (Å²) in [6, 6.07) is 7.22. The molecule has 2 aliphatic heterocycles.